The first-order valence-corrected chi connectivity index (χ1v) is 9.22. The van der Waals surface area contributed by atoms with E-state index in [0.717, 1.165) is 16.8 Å². The van der Waals surface area contributed by atoms with Crippen molar-refractivity contribution in [1.29, 1.82) is 0 Å². The fraction of sp³-hybridized carbons (Fsp3) is 0.250. The topological polar surface area (TPSA) is 53.0 Å². The summed E-state index contributed by atoms with van der Waals surface area (Å²) in [5.74, 6) is -0.118. The molecule has 0 spiro atoms. The van der Waals surface area contributed by atoms with Gasteiger partial charge in [0.15, 0.2) is 5.17 Å². The number of thioether (sulfide) groups is 1. The zero-order valence-corrected chi connectivity index (χ0v) is 15.9. The van der Waals surface area contributed by atoms with Crippen LogP contribution in [0.15, 0.2) is 59.6 Å². The highest BCUT2D eigenvalue weighted by atomic mass is 32.2. The molecule has 0 aliphatic carbocycles. The van der Waals surface area contributed by atoms with Gasteiger partial charge in [0, 0.05) is 14.1 Å². The second kappa shape index (κ2) is 7.74. The van der Waals surface area contributed by atoms with Crippen molar-refractivity contribution in [3.05, 3.63) is 65.7 Å². The first kappa shape index (κ1) is 18.2. The van der Waals surface area contributed by atoms with Crippen LogP contribution in [0.2, 0.25) is 0 Å². The predicted octanol–water partition coefficient (Wildman–Crippen LogP) is 3.26. The van der Waals surface area contributed by atoms with Crippen molar-refractivity contribution in [2.24, 2.45) is 4.99 Å². The second-order valence-corrected chi connectivity index (χ2v) is 7.38. The zero-order chi connectivity index (χ0) is 18.7. The number of carbonyl (C=O) groups is 2. The first-order valence-electron chi connectivity index (χ1n) is 8.34. The Kier molecular flexibility index (Phi) is 5.42. The molecule has 0 radical (unpaired) electrons. The fourth-order valence-corrected chi connectivity index (χ4v) is 3.92. The number of carbonyl (C=O) groups excluding carboxylic acids is 2. The van der Waals surface area contributed by atoms with Crippen LogP contribution in [-0.4, -0.2) is 42.5 Å². The van der Waals surface area contributed by atoms with Crippen LogP contribution < -0.4 is 4.90 Å². The molecule has 0 unspecified atom stereocenters. The smallest absolute Gasteiger partial charge is 0.254 e. The number of aliphatic imine (C=N–C) groups is 1. The van der Waals surface area contributed by atoms with Gasteiger partial charge in [-0.15, -0.1) is 0 Å². The van der Waals surface area contributed by atoms with Gasteiger partial charge >= 0.3 is 0 Å². The van der Waals surface area contributed by atoms with Crippen molar-refractivity contribution in [1.82, 2.24) is 4.90 Å². The SMILES string of the molecule is Cc1ccc(N2C(=O)CN=C2S[C@H](C(=O)N(C)C)c2ccccc2)cc1. The molecule has 1 atom stereocenters. The lowest BCUT2D eigenvalue weighted by Crippen LogP contribution is -2.33. The largest absolute Gasteiger partial charge is 0.348 e. The van der Waals surface area contributed by atoms with Crippen LogP contribution in [0.1, 0.15) is 16.4 Å². The molecule has 2 aromatic rings. The van der Waals surface area contributed by atoms with E-state index in [9.17, 15) is 9.59 Å². The van der Waals surface area contributed by atoms with Gasteiger partial charge in [-0.3, -0.25) is 19.5 Å². The molecule has 2 amide bonds. The third-order valence-corrected chi connectivity index (χ3v) is 5.31. The Morgan fingerprint density at radius 1 is 1.12 bits per heavy atom. The van der Waals surface area contributed by atoms with E-state index >= 15 is 0 Å². The summed E-state index contributed by atoms with van der Waals surface area (Å²) in [6, 6.07) is 17.3. The molecule has 1 aliphatic rings. The van der Waals surface area contributed by atoms with Gasteiger partial charge in [0.25, 0.3) is 5.91 Å². The Balaban J connectivity index is 1.91. The van der Waals surface area contributed by atoms with Crippen molar-refractivity contribution < 1.29 is 9.59 Å². The number of aryl methyl sites for hydroxylation is 1. The summed E-state index contributed by atoms with van der Waals surface area (Å²) < 4.78 is 0. The number of likely N-dealkylation sites (N-methyl/N-ethyl adjacent to an activating group) is 1. The third-order valence-electron chi connectivity index (χ3n) is 4.07. The Hall–Kier alpha value is -2.60. The summed E-state index contributed by atoms with van der Waals surface area (Å²) in [5, 5.41) is 0.103. The summed E-state index contributed by atoms with van der Waals surface area (Å²) in [5.41, 5.74) is 2.78. The van der Waals surface area contributed by atoms with Crippen LogP contribution in [0, 0.1) is 6.92 Å². The molecule has 0 bridgehead atoms. The predicted molar refractivity (Wildman–Crippen MR) is 106 cm³/mol. The van der Waals surface area contributed by atoms with Gasteiger partial charge < -0.3 is 4.90 Å². The van der Waals surface area contributed by atoms with E-state index in [1.807, 2.05) is 61.5 Å². The van der Waals surface area contributed by atoms with Gasteiger partial charge in [-0.1, -0.05) is 59.8 Å². The van der Waals surface area contributed by atoms with E-state index in [2.05, 4.69) is 4.99 Å². The first-order chi connectivity index (χ1) is 12.5. The van der Waals surface area contributed by atoms with E-state index in [1.54, 1.807) is 23.9 Å². The molecule has 0 saturated carbocycles. The average Bonchev–Trinajstić information content (AvgIpc) is 3.01. The summed E-state index contributed by atoms with van der Waals surface area (Å²) in [6.45, 7) is 2.11. The van der Waals surface area contributed by atoms with Crippen molar-refractivity contribution >= 4 is 34.4 Å². The van der Waals surface area contributed by atoms with E-state index in [1.165, 1.54) is 11.8 Å². The Bertz CT molecular complexity index is 832. The highest BCUT2D eigenvalue weighted by molar-refractivity contribution is 8.15. The van der Waals surface area contributed by atoms with Crippen LogP contribution in [-0.2, 0) is 9.59 Å². The van der Waals surface area contributed by atoms with Crippen LogP contribution in [0.5, 0.6) is 0 Å². The number of nitrogens with zero attached hydrogens (tertiary/aromatic N) is 3. The maximum atomic E-state index is 12.7. The van der Waals surface area contributed by atoms with Crippen molar-refractivity contribution in [2.75, 3.05) is 25.5 Å². The van der Waals surface area contributed by atoms with Crippen molar-refractivity contribution in [2.45, 2.75) is 12.2 Å². The zero-order valence-electron chi connectivity index (χ0n) is 15.0. The minimum atomic E-state index is -0.455. The Labute approximate surface area is 157 Å². The fourth-order valence-electron chi connectivity index (χ4n) is 2.65. The van der Waals surface area contributed by atoms with Crippen LogP contribution in [0.3, 0.4) is 0 Å². The van der Waals surface area contributed by atoms with Gasteiger partial charge in [-0.2, -0.15) is 0 Å². The number of hydrogen-bond acceptors (Lipinski definition) is 4. The quantitative estimate of drug-likeness (QED) is 0.833. The van der Waals surface area contributed by atoms with E-state index in [-0.39, 0.29) is 18.4 Å². The molecule has 5 nitrogen and oxygen atoms in total. The number of benzene rings is 2. The normalized spacial score (nSPS) is 15.0. The molecule has 134 valence electrons. The molecule has 0 N–H and O–H groups in total. The summed E-state index contributed by atoms with van der Waals surface area (Å²) in [6.07, 6.45) is 0. The number of amides is 2. The minimum absolute atomic E-state index is 0.0351. The van der Waals surface area contributed by atoms with Gasteiger partial charge in [0.05, 0.1) is 5.69 Å². The average molecular weight is 367 g/mol. The second-order valence-electron chi connectivity index (χ2n) is 6.30. The van der Waals surface area contributed by atoms with Gasteiger partial charge in [-0.05, 0) is 24.6 Å². The molecule has 0 saturated heterocycles. The highest BCUT2D eigenvalue weighted by Crippen LogP contribution is 2.35. The number of rotatable bonds is 4. The lowest BCUT2D eigenvalue weighted by Gasteiger charge is -2.24. The molecule has 2 aromatic carbocycles. The molecule has 6 heteroatoms. The van der Waals surface area contributed by atoms with E-state index in [4.69, 9.17) is 0 Å². The molecule has 3 rings (SSSR count). The lowest BCUT2D eigenvalue weighted by atomic mass is 10.1. The highest BCUT2D eigenvalue weighted by Gasteiger charge is 2.33. The van der Waals surface area contributed by atoms with Crippen LogP contribution in [0.25, 0.3) is 0 Å². The minimum Gasteiger partial charge on any atom is -0.348 e. The Morgan fingerprint density at radius 2 is 1.77 bits per heavy atom. The molecular weight excluding hydrogens is 346 g/mol. The molecule has 0 fully saturated rings. The molecular formula is C20H21N3O2S. The molecule has 0 aromatic heterocycles. The summed E-state index contributed by atoms with van der Waals surface area (Å²) >= 11 is 1.32. The number of amidine groups is 1. The summed E-state index contributed by atoms with van der Waals surface area (Å²) in [4.78, 5) is 32.7. The van der Waals surface area contributed by atoms with Gasteiger partial charge in [0.2, 0.25) is 5.91 Å². The van der Waals surface area contributed by atoms with Gasteiger partial charge in [-0.25, -0.2) is 0 Å². The van der Waals surface area contributed by atoms with Crippen LogP contribution >= 0.6 is 11.8 Å². The van der Waals surface area contributed by atoms with Gasteiger partial charge in [0.1, 0.15) is 11.8 Å². The molecule has 26 heavy (non-hydrogen) atoms. The van der Waals surface area contributed by atoms with Crippen LogP contribution in [0.4, 0.5) is 5.69 Å². The Morgan fingerprint density at radius 3 is 2.38 bits per heavy atom. The number of hydrogen-bond donors (Lipinski definition) is 0. The monoisotopic (exact) mass is 367 g/mol. The molecule has 1 heterocycles. The maximum absolute atomic E-state index is 12.7. The lowest BCUT2D eigenvalue weighted by molar-refractivity contribution is -0.128. The standard InChI is InChI=1S/C20H21N3O2S/c1-14-9-11-16(12-10-14)23-17(24)13-21-20(23)26-18(19(25)22(2)3)15-7-5-4-6-8-15/h4-12,18H,13H2,1-3H3/t18-/m0/s1. The van der Waals surface area contributed by atoms with E-state index < -0.39 is 5.25 Å². The number of anilines is 1. The van der Waals surface area contributed by atoms with E-state index in [0.29, 0.717) is 5.17 Å². The summed E-state index contributed by atoms with van der Waals surface area (Å²) in [7, 11) is 3.47. The maximum Gasteiger partial charge on any atom is 0.254 e. The van der Waals surface area contributed by atoms with Crippen molar-refractivity contribution in [3.63, 3.8) is 0 Å². The molecule has 1 aliphatic heterocycles. The third kappa shape index (κ3) is 3.80. The van der Waals surface area contributed by atoms with Crippen molar-refractivity contribution in [3.8, 4) is 0 Å².